The fourth-order valence-corrected chi connectivity index (χ4v) is 5.52. The Balaban J connectivity index is 1.70. The number of hydrogen-bond acceptors (Lipinski definition) is 4. The highest BCUT2D eigenvalue weighted by Gasteiger charge is 2.33. The molecule has 2 heterocycles. The van der Waals surface area contributed by atoms with Gasteiger partial charge in [0.25, 0.3) is 0 Å². The van der Waals surface area contributed by atoms with Crippen molar-refractivity contribution in [3.8, 4) is 0 Å². The molecule has 2 aromatic carbocycles. The lowest BCUT2D eigenvalue weighted by Gasteiger charge is -2.31. The second-order valence-electron chi connectivity index (χ2n) is 7.70. The topological polar surface area (TPSA) is 69.3 Å². The van der Waals surface area contributed by atoms with Gasteiger partial charge in [0.05, 0.1) is 12.6 Å². The van der Waals surface area contributed by atoms with Crippen LogP contribution in [0.5, 0.6) is 0 Å². The van der Waals surface area contributed by atoms with Gasteiger partial charge in [-0.1, -0.05) is 46.3 Å². The lowest BCUT2D eigenvalue weighted by Crippen LogP contribution is -2.45. The number of aromatic nitrogens is 2. The molecular weight excluding hydrogens is 464 g/mol. The van der Waals surface area contributed by atoms with Crippen LogP contribution in [0.3, 0.4) is 0 Å². The maximum Gasteiger partial charge on any atom is 0.211 e. The summed E-state index contributed by atoms with van der Waals surface area (Å²) < 4.78 is 28.1. The minimum absolute atomic E-state index is 0.157. The molecule has 8 heteroatoms. The third-order valence-corrected chi connectivity index (χ3v) is 7.27. The number of rotatable bonds is 6. The average Bonchev–Trinajstić information content (AvgIpc) is 3.17. The van der Waals surface area contributed by atoms with E-state index in [1.54, 1.807) is 10.6 Å². The first kappa shape index (κ1) is 21.1. The number of anilines is 1. The Morgan fingerprint density at radius 3 is 2.70 bits per heavy atom. The van der Waals surface area contributed by atoms with Crippen LogP contribution in [0.1, 0.15) is 16.8 Å². The maximum atomic E-state index is 12.8. The predicted molar refractivity (Wildman–Crippen MR) is 123 cm³/mol. The molecule has 1 atom stereocenters. The van der Waals surface area contributed by atoms with E-state index in [2.05, 4.69) is 49.0 Å². The molecule has 0 fully saturated rings. The Labute approximate surface area is 186 Å². The van der Waals surface area contributed by atoms with Gasteiger partial charge in [-0.15, -0.1) is 0 Å². The summed E-state index contributed by atoms with van der Waals surface area (Å²) in [5.74, 6) is 0. The summed E-state index contributed by atoms with van der Waals surface area (Å²) in [6.45, 7) is 1.77. The molecule has 0 saturated carbocycles. The zero-order valence-corrected chi connectivity index (χ0v) is 19.2. The number of halogens is 1. The van der Waals surface area contributed by atoms with Gasteiger partial charge < -0.3 is 9.88 Å². The van der Waals surface area contributed by atoms with E-state index < -0.39 is 10.0 Å². The summed E-state index contributed by atoms with van der Waals surface area (Å²) in [7, 11) is -3.38. The smallest absolute Gasteiger partial charge is 0.211 e. The van der Waals surface area contributed by atoms with Crippen molar-refractivity contribution in [1.82, 2.24) is 14.3 Å². The van der Waals surface area contributed by atoms with E-state index >= 15 is 0 Å². The molecule has 0 bridgehead atoms. The molecule has 6 nitrogen and oxygen atoms in total. The highest BCUT2D eigenvalue weighted by atomic mass is 79.9. The van der Waals surface area contributed by atoms with E-state index in [9.17, 15) is 8.42 Å². The van der Waals surface area contributed by atoms with Crippen LogP contribution in [0.15, 0.2) is 65.5 Å². The zero-order chi connectivity index (χ0) is 21.1. The standard InChI is InChI=1S/C22H25BrN4O2S/c1-30(28,29)27-14-18-12-19(23)7-8-22(18)26(10-9-20-13-24-16-25-20)15-21(27)11-17-5-3-2-4-6-17/h2-8,12-13,16,21H,9-11,14-15H2,1H3,(H,24,25). The number of imidazole rings is 1. The van der Waals surface area contributed by atoms with Crippen molar-refractivity contribution in [2.45, 2.75) is 25.4 Å². The second kappa shape index (κ2) is 8.91. The Hall–Kier alpha value is -2.16. The number of sulfonamides is 1. The van der Waals surface area contributed by atoms with Gasteiger partial charge in [-0.2, -0.15) is 4.31 Å². The van der Waals surface area contributed by atoms with Crippen LogP contribution in [-0.4, -0.2) is 48.1 Å². The number of benzene rings is 2. The van der Waals surface area contributed by atoms with Gasteiger partial charge >= 0.3 is 0 Å². The van der Waals surface area contributed by atoms with Crippen LogP contribution in [0, 0.1) is 0 Å². The van der Waals surface area contributed by atoms with Gasteiger partial charge in [-0.25, -0.2) is 13.4 Å². The first-order valence-electron chi connectivity index (χ1n) is 9.91. The molecule has 1 aromatic heterocycles. The van der Waals surface area contributed by atoms with E-state index in [0.717, 1.165) is 39.9 Å². The molecule has 0 aliphatic carbocycles. The van der Waals surface area contributed by atoms with E-state index in [1.165, 1.54) is 6.26 Å². The van der Waals surface area contributed by atoms with E-state index in [4.69, 9.17) is 0 Å². The van der Waals surface area contributed by atoms with Crippen LogP contribution in [0.2, 0.25) is 0 Å². The average molecular weight is 489 g/mol. The number of H-pyrrole nitrogens is 1. The molecule has 1 aliphatic heterocycles. The molecule has 0 radical (unpaired) electrons. The van der Waals surface area contributed by atoms with Crippen molar-refractivity contribution in [2.24, 2.45) is 0 Å². The summed E-state index contributed by atoms with van der Waals surface area (Å²) in [6.07, 6.45) is 6.32. The van der Waals surface area contributed by atoms with Gasteiger partial charge in [0.1, 0.15) is 0 Å². The maximum absolute atomic E-state index is 12.8. The largest absolute Gasteiger partial charge is 0.369 e. The normalized spacial score (nSPS) is 17.5. The third-order valence-electron chi connectivity index (χ3n) is 5.49. The molecule has 0 amide bonds. The van der Waals surface area contributed by atoms with Crippen molar-refractivity contribution in [3.63, 3.8) is 0 Å². The zero-order valence-electron chi connectivity index (χ0n) is 16.8. The highest BCUT2D eigenvalue weighted by molar-refractivity contribution is 9.10. The molecule has 158 valence electrons. The number of aromatic amines is 1. The fraction of sp³-hybridized carbons (Fsp3) is 0.318. The molecule has 1 aliphatic rings. The summed E-state index contributed by atoms with van der Waals surface area (Å²) in [5.41, 5.74) is 4.30. The first-order valence-corrected chi connectivity index (χ1v) is 12.6. The van der Waals surface area contributed by atoms with Crippen LogP contribution in [-0.2, 0) is 29.4 Å². The first-order chi connectivity index (χ1) is 14.4. The van der Waals surface area contributed by atoms with Gasteiger partial charge in [0.15, 0.2) is 0 Å². The summed E-state index contributed by atoms with van der Waals surface area (Å²) >= 11 is 3.55. The molecule has 3 aromatic rings. The van der Waals surface area contributed by atoms with Crippen molar-refractivity contribution >= 4 is 31.6 Å². The quantitative estimate of drug-likeness (QED) is 0.575. The highest BCUT2D eigenvalue weighted by Crippen LogP contribution is 2.32. The minimum atomic E-state index is -3.38. The van der Waals surface area contributed by atoms with E-state index in [0.29, 0.717) is 19.5 Å². The van der Waals surface area contributed by atoms with Gasteiger partial charge in [0, 0.05) is 54.1 Å². The summed E-state index contributed by atoms with van der Waals surface area (Å²) in [5, 5.41) is 0. The molecule has 0 spiro atoms. The Morgan fingerprint density at radius 1 is 1.20 bits per heavy atom. The van der Waals surface area contributed by atoms with Gasteiger partial charge in [-0.05, 0) is 35.7 Å². The van der Waals surface area contributed by atoms with Crippen molar-refractivity contribution in [1.29, 1.82) is 0 Å². The molecular formula is C22H25BrN4O2S. The van der Waals surface area contributed by atoms with Crippen LogP contribution >= 0.6 is 15.9 Å². The Morgan fingerprint density at radius 2 is 2.00 bits per heavy atom. The van der Waals surface area contributed by atoms with Crippen LogP contribution in [0.25, 0.3) is 0 Å². The lowest BCUT2D eigenvalue weighted by atomic mass is 10.1. The van der Waals surface area contributed by atoms with Crippen molar-refractivity contribution in [2.75, 3.05) is 24.2 Å². The Bertz CT molecular complexity index is 1090. The molecule has 30 heavy (non-hydrogen) atoms. The molecule has 1 N–H and O–H groups in total. The van der Waals surface area contributed by atoms with Crippen molar-refractivity contribution in [3.05, 3.63) is 82.3 Å². The summed E-state index contributed by atoms with van der Waals surface area (Å²) in [6, 6.07) is 16.1. The minimum Gasteiger partial charge on any atom is -0.369 e. The number of nitrogens with one attached hydrogen (secondary N) is 1. The number of fused-ring (bicyclic) bond motifs is 1. The van der Waals surface area contributed by atoms with Gasteiger partial charge in [-0.3, -0.25) is 0 Å². The monoisotopic (exact) mass is 488 g/mol. The number of hydrogen-bond donors (Lipinski definition) is 1. The third kappa shape index (κ3) is 4.94. The van der Waals surface area contributed by atoms with E-state index in [1.807, 2.05) is 36.5 Å². The molecule has 1 unspecified atom stereocenters. The summed E-state index contributed by atoms with van der Waals surface area (Å²) in [4.78, 5) is 9.57. The molecule has 0 saturated heterocycles. The SMILES string of the molecule is CS(=O)(=O)N1Cc2cc(Br)ccc2N(CCc2cnc[nH]2)CC1Cc1ccccc1. The van der Waals surface area contributed by atoms with Crippen LogP contribution in [0.4, 0.5) is 5.69 Å². The Kier molecular flexibility index (Phi) is 6.26. The second-order valence-corrected chi connectivity index (χ2v) is 10.5. The van der Waals surface area contributed by atoms with Crippen LogP contribution < -0.4 is 4.90 Å². The lowest BCUT2D eigenvalue weighted by molar-refractivity contribution is 0.320. The predicted octanol–water partition coefficient (Wildman–Crippen LogP) is 3.61. The fourth-order valence-electron chi connectivity index (χ4n) is 4.06. The van der Waals surface area contributed by atoms with Gasteiger partial charge in [0.2, 0.25) is 10.0 Å². The van der Waals surface area contributed by atoms with Crippen molar-refractivity contribution < 1.29 is 8.42 Å². The van der Waals surface area contributed by atoms with E-state index in [-0.39, 0.29) is 6.04 Å². The molecule has 4 rings (SSSR count). The number of nitrogens with zero attached hydrogens (tertiary/aromatic N) is 3.